The van der Waals surface area contributed by atoms with Crippen LogP contribution in [0.5, 0.6) is 5.75 Å². The molecule has 17 heavy (non-hydrogen) atoms. The van der Waals surface area contributed by atoms with Crippen LogP contribution < -0.4 is 10.5 Å². The highest BCUT2D eigenvalue weighted by atomic mass is 16.5. The predicted octanol–water partition coefficient (Wildman–Crippen LogP) is 1.25. The van der Waals surface area contributed by atoms with Gasteiger partial charge in [0, 0.05) is 0 Å². The summed E-state index contributed by atoms with van der Waals surface area (Å²) in [5.41, 5.74) is 6.17. The number of primary amides is 1. The molecule has 3 N–H and O–H groups in total. The Morgan fingerprint density at radius 3 is 2.59 bits per heavy atom. The number of rotatable bonds is 7. The monoisotopic (exact) mass is 237 g/mol. The highest BCUT2D eigenvalue weighted by molar-refractivity contribution is 5.73. The minimum atomic E-state index is -0.362. The molecule has 1 aromatic carbocycles. The lowest BCUT2D eigenvalue weighted by Crippen LogP contribution is -2.14. The maximum Gasteiger partial charge on any atom is 0.220 e. The number of aryl methyl sites for hydroxylation is 1. The third-order valence-corrected chi connectivity index (χ3v) is 2.39. The number of nitrogens with two attached hydrogens (primary N) is 1. The van der Waals surface area contributed by atoms with E-state index >= 15 is 0 Å². The van der Waals surface area contributed by atoms with Gasteiger partial charge in [-0.25, -0.2) is 0 Å². The molecule has 0 fully saturated rings. The van der Waals surface area contributed by atoms with E-state index < -0.39 is 0 Å². The van der Waals surface area contributed by atoms with Gasteiger partial charge < -0.3 is 15.6 Å². The molecule has 0 aliphatic heterocycles. The summed E-state index contributed by atoms with van der Waals surface area (Å²) in [6.45, 7) is 2.09. The molecular weight excluding hydrogens is 218 g/mol. The van der Waals surface area contributed by atoms with Crippen LogP contribution in [0.25, 0.3) is 0 Å². The molecule has 94 valence electrons. The smallest absolute Gasteiger partial charge is 0.220 e. The van der Waals surface area contributed by atoms with Gasteiger partial charge in [-0.2, -0.15) is 0 Å². The van der Waals surface area contributed by atoms with Gasteiger partial charge in [0.1, 0.15) is 5.75 Å². The standard InChI is InChI=1S/C13H19NO3/c1-10(15)2-3-11-4-6-12(7-5-11)17-9-8-13(14)16/h4-7,10,15H,2-3,8-9H2,1H3,(H2,14,16). The zero-order valence-corrected chi connectivity index (χ0v) is 10.1. The van der Waals surface area contributed by atoms with E-state index in [2.05, 4.69) is 0 Å². The first-order valence-electron chi connectivity index (χ1n) is 5.76. The van der Waals surface area contributed by atoms with Gasteiger partial charge in [-0.1, -0.05) is 12.1 Å². The summed E-state index contributed by atoms with van der Waals surface area (Å²) in [7, 11) is 0. The Balaban J connectivity index is 2.36. The Hall–Kier alpha value is -1.55. The van der Waals surface area contributed by atoms with Crippen molar-refractivity contribution < 1.29 is 14.6 Å². The average molecular weight is 237 g/mol. The van der Waals surface area contributed by atoms with Gasteiger partial charge >= 0.3 is 0 Å². The SMILES string of the molecule is CC(O)CCc1ccc(OCCC(N)=O)cc1. The molecule has 1 rings (SSSR count). The largest absolute Gasteiger partial charge is 0.493 e. The van der Waals surface area contributed by atoms with Crippen molar-refractivity contribution in [1.29, 1.82) is 0 Å². The zero-order chi connectivity index (χ0) is 12.7. The first-order valence-corrected chi connectivity index (χ1v) is 5.76. The van der Waals surface area contributed by atoms with Gasteiger partial charge in [0.2, 0.25) is 5.91 Å². The van der Waals surface area contributed by atoms with Crippen molar-refractivity contribution in [3.63, 3.8) is 0 Å². The topological polar surface area (TPSA) is 72.6 Å². The van der Waals surface area contributed by atoms with Crippen LogP contribution in [0.4, 0.5) is 0 Å². The summed E-state index contributed by atoms with van der Waals surface area (Å²) in [5.74, 6) is 0.366. The fraction of sp³-hybridized carbons (Fsp3) is 0.462. The van der Waals surface area contributed by atoms with E-state index in [-0.39, 0.29) is 18.4 Å². The zero-order valence-electron chi connectivity index (χ0n) is 10.1. The van der Waals surface area contributed by atoms with Gasteiger partial charge in [0.05, 0.1) is 19.1 Å². The molecular formula is C13H19NO3. The number of benzene rings is 1. The number of hydrogen-bond donors (Lipinski definition) is 2. The summed E-state index contributed by atoms with van der Waals surface area (Å²) in [5, 5.41) is 9.17. The summed E-state index contributed by atoms with van der Waals surface area (Å²) in [6.07, 6.45) is 1.55. The molecule has 0 radical (unpaired) electrons. The van der Waals surface area contributed by atoms with Crippen LogP contribution >= 0.6 is 0 Å². The Kier molecular flexibility index (Phi) is 5.49. The second kappa shape index (κ2) is 6.91. The number of carbonyl (C=O) groups excluding carboxylic acids is 1. The molecule has 0 saturated carbocycles. The minimum absolute atomic E-state index is 0.226. The van der Waals surface area contributed by atoms with Gasteiger partial charge in [-0.15, -0.1) is 0 Å². The molecule has 0 aliphatic carbocycles. The maximum absolute atomic E-state index is 10.5. The minimum Gasteiger partial charge on any atom is -0.493 e. The quantitative estimate of drug-likeness (QED) is 0.749. The Bertz CT molecular complexity index is 346. The molecule has 4 nitrogen and oxygen atoms in total. The Labute approximate surface area is 101 Å². The fourth-order valence-corrected chi connectivity index (χ4v) is 1.40. The number of carbonyl (C=O) groups is 1. The van der Waals surface area contributed by atoms with Crippen molar-refractivity contribution in [1.82, 2.24) is 0 Å². The van der Waals surface area contributed by atoms with Crippen LogP contribution in [0, 0.1) is 0 Å². The van der Waals surface area contributed by atoms with Gasteiger partial charge in [-0.3, -0.25) is 4.79 Å². The van der Waals surface area contributed by atoms with E-state index in [1.54, 1.807) is 6.92 Å². The van der Waals surface area contributed by atoms with Crippen molar-refractivity contribution in [2.75, 3.05) is 6.61 Å². The fourth-order valence-electron chi connectivity index (χ4n) is 1.40. The normalized spacial score (nSPS) is 12.1. The van der Waals surface area contributed by atoms with Crippen molar-refractivity contribution in [3.05, 3.63) is 29.8 Å². The maximum atomic E-state index is 10.5. The lowest BCUT2D eigenvalue weighted by molar-refractivity contribution is -0.118. The van der Waals surface area contributed by atoms with Gasteiger partial charge in [-0.05, 0) is 37.5 Å². The van der Waals surface area contributed by atoms with E-state index in [9.17, 15) is 4.79 Å². The van der Waals surface area contributed by atoms with Crippen molar-refractivity contribution in [2.24, 2.45) is 5.73 Å². The Morgan fingerprint density at radius 1 is 1.41 bits per heavy atom. The summed E-state index contributed by atoms with van der Waals surface area (Å²) in [4.78, 5) is 10.5. The van der Waals surface area contributed by atoms with E-state index in [4.69, 9.17) is 15.6 Å². The Morgan fingerprint density at radius 2 is 2.06 bits per heavy atom. The van der Waals surface area contributed by atoms with E-state index in [1.807, 2.05) is 24.3 Å². The van der Waals surface area contributed by atoms with Crippen LogP contribution in [0.15, 0.2) is 24.3 Å². The first-order chi connectivity index (χ1) is 8.08. The highest BCUT2D eigenvalue weighted by Crippen LogP contribution is 2.14. The van der Waals surface area contributed by atoms with E-state index in [0.29, 0.717) is 6.61 Å². The van der Waals surface area contributed by atoms with Crippen LogP contribution in [0.1, 0.15) is 25.3 Å². The van der Waals surface area contributed by atoms with Crippen LogP contribution in [-0.4, -0.2) is 23.7 Å². The molecule has 0 spiro atoms. The van der Waals surface area contributed by atoms with Crippen LogP contribution in [0.2, 0.25) is 0 Å². The van der Waals surface area contributed by atoms with Crippen molar-refractivity contribution >= 4 is 5.91 Å². The molecule has 1 unspecified atom stereocenters. The second-order valence-corrected chi connectivity index (χ2v) is 4.10. The third kappa shape index (κ3) is 5.92. The highest BCUT2D eigenvalue weighted by Gasteiger charge is 2.00. The van der Waals surface area contributed by atoms with Crippen molar-refractivity contribution in [2.45, 2.75) is 32.3 Å². The molecule has 4 heteroatoms. The second-order valence-electron chi connectivity index (χ2n) is 4.10. The number of aliphatic hydroxyl groups is 1. The number of ether oxygens (including phenoxy) is 1. The summed E-state index contributed by atoms with van der Waals surface area (Å²) in [6, 6.07) is 7.64. The molecule has 1 aromatic rings. The van der Waals surface area contributed by atoms with Crippen molar-refractivity contribution in [3.8, 4) is 5.75 Å². The third-order valence-electron chi connectivity index (χ3n) is 2.39. The lowest BCUT2D eigenvalue weighted by Gasteiger charge is -2.07. The molecule has 1 atom stereocenters. The summed E-state index contributed by atoms with van der Waals surface area (Å²) < 4.78 is 5.35. The number of aliphatic hydroxyl groups excluding tert-OH is 1. The molecule has 0 heterocycles. The predicted molar refractivity (Wildman–Crippen MR) is 65.8 cm³/mol. The lowest BCUT2D eigenvalue weighted by atomic mass is 10.1. The number of amides is 1. The van der Waals surface area contributed by atoms with E-state index in [0.717, 1.165) is 24.2 Å². The van der Waals surface area contributed by atoms with E-state index in [1.165, 1.54) is 0 Å². The van der Waals surface area contributed by atoms with Crippen LogP contribution in [-0.2, 0) is 11.2 Å². The molecule has 0 aromatic heterocycles. The average Bonchev–Trinajstić information content (AvgIpc) is 2.27. The molecule has 0 bridgehead atoms. The molecule has 0 aliphatic rings. The molecule has 1 amide bonds. The molecule has 0 saturated heterocycles. The van der Waals surface area contributed by atoms with Crippen LogP contribution in [0.3, 0.4) is 0 Å². The first kappa shape index (κ1) is 13.5. The summed E-state index contributed by atoms with van der Waals surface area (Å²) >= 11 is 0. The van der Waals surface area contributed by atoms with Gasteiger partial charge in [0.25, 0.3) is 0 Å². The number of hydrogen-bond acceptors (Lipinski definition) is 3. The van der Waals surface area contributed by atoms with Gasteiger partial charge in [0.15, 0.2) is 0 Å².